The molecule has 0 aliphatic carbocycles. The normalized spacial score (nSPS) is 1.46. The van der Waals surface area contributed by atoms with E-state index in [1.807, 2.05) is 0 Å². The minimum Gasteiger partial charge on any atom is -0.326 e. The standard InChI is InChI=1S/20Mn.H3O3P/c;;;;;;;;;;;;;;;;;;;;1-4(2)3/h;;;;;;;;;;;;;;;;;;;;4H,(H2,1,2,3). The molecule has 0 aromatic carbocycles. The van der Waals surface area contributed by atoms with Gasteiger partial charge in [-0.25, -0.2) is 0 Å². The van der Waals surface area contributed by atoms with Crippen LogP contribution in [0.1, 0.15) is 0 Å². The summed E-state index contributed by atoms with van der Waals surface area (Å²) >= 11 is 0. The van der Waals surface area contributed by atoms with E-state index in [0.29, 0.717) is 0 Å². The van der Waals surface area contributed by atoms with Crippen LogP contribution >= 0.6 is 8.25 Å². The molecule has 0 heterocycles. The van der Waals surface area contributed by atoms with Crippen LogP contribution in [0.25, 0.3) is 0 Å². The van der Waals surface area contributed by atoms with E-state index in [1.165, 1.54) is 0 Å². The zero-order chi connectivity index (χ0) is 3.58. The van der Waals surface area contributed by atoms with Gasteiger partial charge >= 0.3 is 8.25 Å². The van der Waals surface area contributed by atoms with Crippen LogP contribution in [0, 0.1) is 0 Å². The molecule has 24 heteroatoms. The second-order valence-electron chi connectivity index (χ2n) is 0.283. The zero-order valence-corrected chi connectivity index (χ0v) is 34.0. The molecule has 2 N–H and O–H groups in total. The summed E-state index contributed by atoms with van der Waals surface area (Å²) in [6, 6.07) is 0. The van der Waals surface area contributed by atoms with Crippen LogP contribution in [0.3, 0.4) is 0 Å². The van der Waals surface area contributed by atoms with Gasteiger partial charge in [0.25, 0.3) is 0 Å². The monoisotopic (exact) mass is 1180 g/mol. The molecule has 0 aliphatic rings. The first-order valence-corrected chi connectivity index (χ1v) is 1.95. The van der Waals surface area contributed by atoms with E-state index in [0.717, 1.165) is 0 Å². The van der Waals surface area contributed by atoms with E-state index in [4.69, 9.17) is 14.4 Å². The maximum absolute atomic E-state index is 8.74. The quantitative estimate of drug-likeness (QED) is 0.250. The third-order valence-electron chi connectivity index (χ3n) is 0. The summed E-state index contributed by atoms with van der Waals surface area (Å²) < 4.78 is 8.74. The molecule has 0 atom stereocenters. The van der Waals surface area contributed by atoms with Gasteiger partial charge in [0.1, 0.15) is 0 Å². The van der Waals surface area contributed by atoms with Gasteiger partial charge in [-0.3, -0.25) is 4.57 Å². The molecule has 0 amide bonds. The first-order chi connectivity index (χ1) is 1.73. The van der Waals surface area contributed by atoms with Crippen LogP contribution in [0.2, 0.25) is 0 Å². The van der Waals surface area contributed by atoms with Gasteiger partial charge in [0, 0.05) is 341 Å². The predicted octanol–water partition coefficient (Wildman–Crippen LogP) is -0.689. The van der Waals surface area contributed by atoms with Crippen molar-refractivity contribution in [2.24, 2.45) is 0 Å². The van der Waals surface area contributed by atoms with E-state index in [1.54, 1.807) is 0 Å². The molecule has 0 aliphatic heterocycles. The second-order valence-corrected chi connectivity index (χ2v) is 0.848. The number of hydrogen-bond acceptors (Lipinski definition) is 1. The molecule has 0 fully saturated rings. The van der Waals surface area contributed by atoms with Crippen molar-refractivity contribution in [3.63, 3.8) is 0 Å². The fourth-order valence-corrected chi connectivity index (χ4v) is 0. The van der Waals surface area contributed by atoms with Gasteiger partial charge in [0.05, 0.1) is 0 Å². The van der Waals surface area contributed by atoms with Crippen molar-refractivity contribution < 1.29 is 356 Å². The third-order valence-corrected chi connectivity index (χ3v) is 0. The molecular weight excluding hydrogens is 1180 g/mol. The molecule has 20 radical (unpaired) electrons. The van der Waals surface area contributed by atoms with E-state index in [-0.39, 0.29) is 341 Å². The van der Waals surface area contributed by atoms with Gasteiger partial charge in [-0.15, -0.1) is 0 Å². The van der Waals surface area contributed by atoms with E-state index in [2.05, 4.69) is 0 Å². The molecule has 0 aromatic heterocycles. The van der Waals surface area contributed by atoms with Gasteiger partial charge in [-0.2, -0.15) is 0 Å². The van der Waals surface area contributed by atoms with Crippen molar-refractivity contribution in [1.29, 1.82) is 0 Å². The van der Waals surface area contributed by atoms with Crippen LogP contribution in [-0.2, 0) is 346 Å². The molecule has 0 saturated carbocycles. The van der Waals surface area contributed by atoms with Crippen molar-refractivity contribution in [2.75, 3.05) is 0 Å². The number of hydrogen-bond donors (Lipinski definition) is 2. The maximum atomic E-state index is 8.74. The van der Waals surface area contributed by atoms with Crippen LogP contribution < -0.4 is 0 Å². The predicted molar refractivity (Wildman–Crippen MR) is 13.4 cm³/mol. The van der Waals surface area contributed by atoms with Crippen LogP contribution in [0.4, 0.5) is 0 Å². The Morgan fingerprint density at radius 3 is 0.292 bits per heavy atom. The minimum atomic E-state index is -3.13. The van der Waals surface area contributed by atoms with Crippen LogP contribution in [0.15, 0.2) is 0 Å². The van der Waals surface area contributed by atoms with Crippen molar-refractivity contribution in [1.82, 2.24) is 0 Å². The Balaban J connectivity index is -0.000000000237. The van der Waals surface area contributed by atoms with Gasteiger partial charge in [0.2, 0.25) is 0 Å². The molecular formula is H3Mn20O3P. The Hall–Kier alpha value is 10.5. The first-order valence-electron chi connectivity index (χ1n) is 0.651. The smallest absolute Gasteiger partial charge is 0.314 e. The average Bonchev–Trinajstić information content (AvgIpc) is 0.811. The molecule has 3 nitrogen and oxygen atoms in total. The van der Waals surface area contributed by atoms with E-state index >= 15 is 0 Å². The van der Waals surface area contributed by atoms with Gasteiger partial charge in [0.15, 0.2) is 0 Å². The Bertz CT molecular complexity index is 41.9. The Morgan fingerprint density at radius 1 is 0.292 bits per heavy atom. The molecule has 0 saturated heterocycles. The summed E-state index contributed by atoms with van der Waals surface area (Å²) in [7, 11) is -3.13. The van der Waals surface area contributed by atoms with Crippen molar-refractivity contribution in [3.8, 4) is 0 Å². The maximum Gasteiger partial charge on any atom is 0.314 e. The van der Waals surface area contributed by atoms with Gasteiger partial charge < -0.3 is 9.79 Å². The molecule has 166 valence electrons. The second kappa shape index (κ2) is 194. The zero-order valence-electron chi connectivity index (χ0n) is 9.36. The third kappa shape index (κ3) is 291. The van der Waals surface area contributed by atoms with E-state index < -0.39 is 8.25 Å². The Morgan fingerprint density at radius 2 is 0.292 bits per heavy atom. The Labute approximate surface area is 356 Å². The molecule has 0 bridgehead atoms. The molecule has 0 unspecified atom stereocenters. The van der Waals surface area contributed by atoms with Crippen LogP contribution in [0.5, 0.6) is 0 Å². The van der Waals surface area contributed by atoms with Gasteiger partial charge in [-0.1, -0.05) is 0 Å². The van der Waals surface area contributed by atoms with Crippen molar-refractivity contribution in [3.05, 3.63) is 0 Å². The topological polar surface area (TPSA) is 57.5 Å². The molecule has 24 heavy (non-hydrogen) atoms. The average molecular weight is 1180 g/mol. The summed E-state index contributed by atoms with van der Waals surface area (Å²) in [5, 5.41) is 0. The Kier molecular flexibility index (Phi) is 1710. The van der Waals surface area contributed by atoms with Gasteiger partial charge in [-0.05, 0) is 0 Å². The van der Waals surface area contributed by atoms with Crippen molar-refractivity contribution in [2.45, 2.75) is 0 Å². The first kappa shape index (κ1) is 212. The summed E-state index contributed by atoms with van der Waals surface area (Å²) in [5.41, 5.74) is 0. The van der Waals surface area contributed by atoms with E-state index in [9.17, 15) is 0 Å². The van der Waals surface area contributed by atoms with Crippen LogP contribution in [-0.4, -0.2) is 9.79 Å². The molecule has 0 rings (SSSR count). The number of rotatable bonds is 0. The minimum absolute atomic E-state index is 0. The summed E-state index contributed by atoms with van der Waals surface area (Å²) in [4.78, 5) is 14.3. The largest absolute Gasteiger partial charge is 0.326 e. The molecule has 0 spiro atoms. The molecule has 0 aromatic rings. The summed E-state index contributed by atoms with van der Waals surface area (Å²) in [5.74, 6) is 0. The fourth-order valence-electron chi connectivity index (χ4n) is 0. The SMILES string of the molecule is O=[PH](O)O.[Mn].[Mn].[Mn].[Mn].[Mn].[Mn].[Mn].[Mn].[Mn].[Mn].[Mn].[Mn].[Mn].[Mn].[Mn].[Mn].[Mn].[Mn].[Mn].[Mn]. The fraction of sp³-hybridized carbons (Fsp3) is 0. The summed E-state index contributed by atoms with van der Waals surface area (Å²) in [6.45, 7) is 0. The van der Waals surface area contributed by atoms with Crippen molar-refractivity contribution >= 4 is 8.25 Å². The summed E-state index contributed by atoms with van der Waals surface area (Å²) in [6.07, 6.45) is 0.